The van der Waals surface area contributed by atoms with E-state index in [0.29, 0.717) is 0 Å². The summed E-state index contributed by atoms with van der Waals surface area (Å²) in [5, 5.41) is 0. The number of likely N-dealkylation sites (N-methyl/N-ethyl adjacent to an activating group) is 1. The summed E-state index contributed by atoms with van der Waals surface area (Å²) in [7, 11) is 2.18. The minimum atomic E-state index is 1.12. The Labute approximate surface area is 86.9 Å². The number of nitrogens with zero attached hydrogens (tertiary/aromatic N) is 1. The minimum Gasteiger partial charge on any atom is -0.374 e. The lowest BCUT2D eigenvalue weighted by atomic mass is 10.1. The van der Waals surface area contributed by atoms with Crippen LogP contribution in [0.5, 0.6) is 0 Å². The van der Waals surface area contributed by atoms with Crippen molar-refractivity contribution in [2.75, 3.05) is 18.5 Å². The van der Waals surface area contributed by atoms with Crippen LogP contribution in [-0.2, 0) is 10.8 Å². The largest absolute Gasteiger partial charge is 0.374 e. The van der Waals surface area contributed by atoms with E-state index in [4.69, 9.17) is 0 Å². The van der Waals surface area contributed by atoms with Gasteiger partial charge in [-0.1, -0.05) is 40.8 Å². The van der Waals surface area contributed by atoms with Crippen molar-refractivity contribution in [2.45, 2.75) is 10.8 Å². The van der Waals surface area contributed by atoms with Gasteiger partial charge in [0.15, 0.2) is 0 Å². The number of rotatable bonds is 1. The van der Waals surface area contributed by atoms with Gasteiger partial charge in [0.1, 0.15) is 0 Å². The first-order valence-corrected chi connectivity index (χ1v) is 5.73. The van der Waals surface area contributed by atoms with Crippen molar-refractivity contribution in [2.24, 2.45) is 0 Å². The fourth-order valence-corrected chi connectivity index (χ4v) is 2.46. The molecule has 0 aliphatic carbocycles. The van der Waals surface area contributed by atoms with E-state index in [9.17, 15) is 0 Å². The number of alkyl halides is 1. The van der Waals surface area contributed by atoms with Gasteiger partial charge in [0.05, 0.1) is 0 Å². The van der Waals surface area contributed by atoms with E-state index in [1.807, 2.05) is 0 Å². The van der Waals surface area contributed by atoms with Crippen LogP contribution < -0.4 is 4.90 Å². The molecule has 1 heterocycles. The Kier molecular flexibility index (Phi) is 2.26. The lowest BCUT2D eigenvalue weighted by Crippen LogP contribution is -2.13. The molecule has 0 aromatic heterocycles. The number of hydrogen-bond donors (Lipinski definition) is 0. The molecule has 0 spiro atoms. The van der Waals surface area contributed by atoms with E-state index < -0.39 is 0 Å². The maximum atomic E-state index is 2.43. The SMILES string of the molecule is CN1CCc2cccc(CI)c21. The van der Waals surface area contributed by atoms with Crippen molar-refractivity contribution in [3.8, 4) is 0 Å². The first-order valence-electron chi connectivity index (χ1n) is 4.21. The molecule has 1 aliphatic heterocycles. The second kappa shape index (κ2) is 3.24. The number of para-hydroxylation sites is 1. The lowest BCUT2D eigenvalue weighted by molar-refractivity contribution is 0.954. The Hall–Kier alpha value is -0.250. The summed E-state index contributed by atoms with van der Waals surface area (Å²) >= 11 is 2.43. The molecule has 1 aromatic carbocycles. The third-order valence-corrected chi connectivity index (χ3v) is 3.27. The van der Waals surface area contributed by atoms with Crippen molar-refractivity contribution in [3.05, 3.63) is 29.3 Å². The average Bonchev–Trinajstić information content (AvgIpc) is 2.48. The number of hydrogen-bond acceptors (Lipinski definition) is 1. The highest BCUT2D eigenvalue weighted by molar-refractivity contribution is 14.1. The first-order chi connectivity index (χ1) is 5.83. The highest BCUT2D eigenvalue weighted by Gasteiger charge is 2.17. The summed E-state index contributed by atoms with van der Waals surface area (Å²) < 4.78 is 1.12. The Morgan fingerprint density at radius 3 is 3.08 bits per heavy atom. The smallest absolute Gasteiger partial charge is 0.0437 e. The number of fused-ring (bicyclic) bond motifs is 1. The van der Waals surface area contributed by atoms with E-state index in [0.717, 1.165) is 4.43 Å². The Morgan fingerprint density at radius 1 is 1.50 bits per heavy atom. The number of halogens is 1. The quantitative estimate of drug-likeness (QED) is 0.561. The molecule has 1 aliphatic rings. The molecule has 1 aromatic rings. The monoisotopic (exact) mass is 273 g/mol. The predicted molar refractivity (Wildman–Crippen MR) is 61.1 cm³/mol. The van der Waals surface area contributed by atoms with Crippen LogP contribution in [0.2, 0.25) is 0 Å². The number of anilines is 1. The Bertz CT molecular complexity index is 296. The van der Waals surface area contributed by atoms with Gasteiger partial charge in [0, 0.05) is 23.7 Å². The van der Waals surface area contributed by atoms with E-state index in [1.165, 1.54) is 29.8 Å². The van der Waals surface area contributed by atoms with Gasteiger partial charge in [-0.05, 0) is 17.5 Å². The molecule has 0 atom stereocenters. The second-order valence-corrected chi connectivity index (χ2v) is 3.99. The van der Waals surface area contributed by atoms with Crippen LogP contribution in [0, 0.1) is 0 Å². The predicted octanol–water partition coefficient (Wildman–Crippen LogP) is 2.61. The molecule has 0 saturated carbocycles. The molecule has 0 unspecified atom stereocenters. The highest BCUT2D eigenvalue weighted by atomic mass is 127. The molecule has 12 heavy (non-hydrogen) atoms. The van der Waals surface area contributed by atoms with Crippen molar-refractivity contribution >= 4 is 28.3 Å². The van der Waals surface area contributed by atoms with Crippen LogP contribution in [0.1, 0.15) is 11.1 Å². The number of benzene rings is 1. The molecule has 0 bridgehead atoms. The summed E-state index contributed by atoms with van der Waals surface area (Å²) in [6.45, 7) is 1.18. The van der Waals surface area contributed by atoms with Crippen LogP contribution in [0.4, 0.5) is 5.69 Å². The van der Waals surface area contributed by atoms with Crippen molar-refractivity contribution in [1.29, 1.82) is 0 Å². The van der Waals surface area contributed by atoms with E-state index >= 15 is 0 Å². The summed E-state index contributed by atoms with van der Waals surface area (Å²) in [5.41, 5.74) is 4.48. The maximum Gasteiger partial charge on any atom is 0.0437 e. The van der Waals surface area contributed by atoms with Gasteiger partial charge in [0.25, 0.3) is 0 Å². The van der Waals surface area contributed by atoms with Crippen LogP contribution >= 0.6 is 22.6 Å². The van der Waals surface area contributed by atoms with Crippen LogP contribution in [-0.4, -0.2) is 13.6 Å². The topological polar surface area (TPSA) is 3.24 Å². The fraction of sp³-hybridized carbons (Fsp3) is 0.400. The third kappa shape index (κ3) is 1.22. The summed E-state index contributed by atoms with van der Waals surface area (Å²) in [6, 6.07) is 6.65. The van der Waals surface area contributed by atoms with Gasteiger partial charge >= 0.3 is 0 Å². The van der Waals surface area contributed by atoms with Gasteiger partial charge in [-0.2, -0.15) is 0 Å². The highest BCUT2D eigenvalue weighted by Crippen LogP contribution is 2.31. The third-order valence-electron chi connectivity index (χ3n) is 2.45. The van der Waals surface area contributed by atoms with E-state index in [1.54, 1.807) is 0 Å². The molecule has 0 fully saturated rings. The van der Waals surface area contributed by atoms with Crippen LogP contribution in [0.25, 0.3) is 0 Å². The van der Waals surface area contributed by atoms with E-state index in [2.05, 4.69) is 52.7 Å². The first kappa shape index (κ1) is 8.35. The Balaban J connectivity index is 2.53. The van der Waals surface area contributed by atoms with Crippen LogP contribution in [0.15, 0.2) is 18.2 Å². The molecule has 2 rings (SSSR count). The molecule has 1 nitrogen and oxygen atoms in total. The van der Waals surface area contributed by atoms with Crippen molar-refractivity contribution in [1.82, 2.24) is 0 Å². The summed E-state index contributed by atoms with van der Waals surface area (Å²) in [6.07, 6.45) is 1.22. The molecule has 0 radical (unpaired) electrons. The molecule has 64 valence electrons. The van der Waals surface area contributed by atoms with Gasteiger partial charge in [0.2, 0.25) is 0 Å². The van der Waals surface area contributed by atoms with Crippen molar-refractivity contribution in [3.63, 3.8) is 0 Å². The maximum absolute atomic E-state index is 2.43. The molecular formula is C10H12IN. The van der Waals surface area contributed by atoms with E-state index in [-0.39, 0.29) is 0 Å². The Morgan fingerprint density at radius 2 is 2.33 bits per heavy atom. The van der Waals surface area contributed by atoms with Crippen molar-refractivity contribution < 1.29 is 0 Å². The molecule has 0 saturated heterocycles. The zero-order chi connectivity index (χ0) is 8.55. The standard InChI is InChI=1S/C10H12IN/c1-12-6-5-8-3-2-4-9(7-11)10(8)12/h2-4H,5-7H2,1H3. The minimum absolute atomic E-state index is 1.12. The second-order valence-electron chi connectivity index (χ2n) is 3.23. The van der Waals surface area contributed by atoms with Gasteiger partial charge in [-0.15, -0.1) is 0 Å². The normalized spacial score (nSPS) is 15.0. The molecular weight excluding hydrogens is 261 g/mol. The zero-order valence-corrected chi connectivity index (χ0v) is 9.34. The summed E-state index contributed by atoms with van der Waals surface area (Å²) in [5.74, 6) is 0. The average molecular weight is 273 g/mol. The fourth-order valence-electron chi connectivity index (χ4n) is 1.84. The van der Waals surface area contributed by atoms with Crippen LogP contribution in [0.3, 0.4) is 0 Å². The molecule has 0 amide bonds. The van der Waals surface area contributed by atoms with Gasteiger partial charge in [-0.3, -0.25) is 0 Å². The molecule has 2 heteroatoms. The molecule has 0 N–H and O–H groups in total. The van der Waals surface area contributed by atoms with Gasteiger partial charge < -0.3 is 4.90 Å². The lowest BCUT2D eigenvalue weighted by Gasteiger charge is -2.15. The summed E-state index contributed by atoms with van der Waals surface area (Å²) in [4.78, 5) is 2.36. The van der Waals surface area contributed by atoms with Gasteiger partial charge in [-0.25, -0.2) is 0 Å². The zero-order valence-electron chi connectivity index (χ0n) is 7.18.